The van der Waals surface area contributed by atoms with Crippen LogP contribution in [0.3, 0.4) is 0 Å². The maximum atomic E-state index is 13.4. The number of aromatic nitrogens is 2. The molecule has 1 aromatic heterocycles. The third-order valence-electron chi connectivity index (χ3n) is 5.27. The van der Waals surface area contributed by atoms with Crippen LogP contribution in [-0.2, 0) is 0 Å². The Morgan fingerprint density at radius 1 is 1.03 bits per heavy atom. The summed E-state index contributed by atoms with van der Waals surface area (Å²) in [6.45, 7) is 2.85. The molecule has 0 unspecified atom stereocenters. The molecule has 1 heterocycles. The van der Waals surface area contributed by atoms with Crippen LogP contribution in [0.25, 0.3) is 28.7 Å². The third kappa shape index (κ3) is 5.10. The number of halogens is 1. The van der Waals surface area contributed by atoms with E-state index in [2.05, 4.69) is 6.92 Å². The molecule has 33 heavy (non-hydrogen) atoms. The number of hydrogen-bond donors (Lipinski definition) is 0. The second kappa shape index (κ2) is 10.4. The molecule has 6 heteroatoms. The van der Waals surface area contributed by atoms with Crippen molar-refractivity contribution in [1.82, 2.24) is 9.55 Å². The zero-order valence-electron chi connectivity index (χ0n) is 18.6. The van der Waals surface area contributed by atoms with Crippen LogP contribution in [0.5, 0.6) is 11.5 Å². The third-order valence-corrected chi connectivity index (χ3v) is 5.56. The molecule has 0 atom stereocenters. The van der Waals surface area contributed by atoms with Gasteiger partial charge in [0.05, 0.1) is 35.3 Å². The van der Waals surface area contributed by atoms with Crippen LogP contribution in [0.15, 0.2) is 71.5 Å². The van der Waals surface area contributed by atoms with E-state index < -0.39 is 0 Å². The van der Waals surface area contributed by atoms with Gasteiger partial charge in [0.1, 0.15) is 17.3 Å². The van der Waals surface area contributed by atoms with Crippen LogP contribution in [0.1, 0.15) is 31.2 Å². The summed E-state index contributed by atoms with van der Waals surface area (Å²) in [6.07, 6.45) is 5.88. The van der Waals surface area contributed by atoms with Crippen molar-refractivity contribution < 1.29 is 9.47 Å². The standard InChI is InChI=1S/C27H25ClN2O3/c1-3-4-17-33-21-13-9-19(10-14-21)11-16-26-29-24-8-6-5-7-22(24)27(31)30(26)20-12-15-25(32-2)23(28)18-20/h5-16,18H,3-4,17H2,1-2H3/b16-11+. The summed E-state index contributed by atoms with van der Waals surface area (Å²) in [5, 5.41) is 0.957. The summed E-state index contributed by atoms with van der Waals surface area (Å²) in [6, 6.07) is 20.4. The van der Waals surface area contributed by atoms with Crippen LogP contribution in [0.2, 0.25) is 5.02 Å². The fraction of sp³-hybridized carbons (Fsp3) is 0.185. The van der Waals surface area contributed by atoms with E-state index in [0.717, 1.165) is 24.2 Å². The molecule has 5 nitrogen and oxygen atoms in total. The summed E-state index contributed by atoms with van der Waals surface area (Å²) in [5.74, 6) is 1.89. The summed E-state index contributed by atoms with van der Waals surface area (Å²) in [5.41, 5.74) is 2.06. The van der Waals surface area contributed by atoms with Gasteiger partial charge in [0.2, 0.25) is 0 Å². The first kappa shape index (κ1) is 22.6. The van der Waals surface area contributed by atoms with Crippen molar-refractivity contribution in [2.75, 3.05) is 13.7 Å². The second-order valence-corrected chi connectivity index (χ2v) is 7.96. The average molecular weight is 461 g/mol. The predicted molar refractivity (Wildman–Crippen MR) is 135 cm³/mol. The van der Waals surface area contributed by atoms with E-state index in [-0.39, 0.29) is 5.56 Å². The van der Waals surface area contributed by atoms with Gasteiger partial charge >= 0.3 is 0 Å². The van der Waals surface area contributed by atoms with Crippen molar-refractivity contribution in [3.63, 3.8) is 0 Å². The number of unbranched alkanes of at least 4 members (excludes halogenated alkanes) is 1. The summed E-state index contributed by atoms with van der Waals surface area (Å²) in [7, 11) is 1.55. The lowest BCUT2D eigenvalue weighted by atomic mass is 10.2. The molecule has 3 aromatic carbocycles. The summed E-state index contributed by atoms with van der Waals surface area (Å²) < 4.78 is 12.5. The second-order valence-electron chi connectivity index (χ2n) is 7.55. The first-order valence-electron chi connectivity index (χ1n) is 10.9. The van der Waals surface area contributed by atoms with Gasteiger partial charge in [0.15, 0.2) is 0 Å². The molecule has 0 amide bonds. The van der Waals surface area contributed by atoms with Crippen LogP contribution in [-0.4, -0.2) is 23.3 Å². The minimum atomic E-state index is -0.166. The molecule has 0 N–H and O–H groups in total. The van der Waals surface area contributed by atoms with E-state index in [0.29, 0.717) is 39.8 Å². The average Bonchev–Trinajstić information content (AvgIpc) is 2.84. The quantitative estimate of drug-likeness (QED) is 0.285. The number of para-hydroxylation sites is 1. The Balaban J connectivity index is 1.74. The highest BCUT2D eigenvalue weighted by Gasteiger charge is 2.12. The van der Waals surface area contributed by atoms with Crippen molar-refractivity contribution in [2.45, 2.75) is 19.8 Å². The van der Waals surface area contributed by atoms with E-state index in [1.54, 1.807) is 35.9 Å². The van der Waals surface area contributed by atoms with Crippen molar-refractivity contribution in [1.29, 1.82) is 0 Å². The Bertz CT molecular complexity index is 1340. The molecule has 0 fully saturated rings. The molecule has 0 radical (unpaired) electrons. The Hall–Kier alpha value is -3.57. The molecule has 0 spiro atoms. The minimum absolute atomic E-state index is 0.166. The van der Waals surface area contributed by atoms with Gasteiger partial charge in [-0.15, -0.1) is 0 Å². The maximum absolute atomic E-state index is 13.4. The zero-order chi connectivity index (χ0) is 23.2. The van der Waals surface area contributed by atoms with Gasteiger partial charge < -0.3 is 9.47 Å². The molecule has 0 bridgehead atoms. The molecule has 0 aliphatic rings. The molecular weight excluding hydrogens is 436 g/mol. The normalized spacial score (nSPS) is 11.2. The van der Waals surface area contributed by atoms with Gasteiger partial charge in [-0.2, -0.15) is 0 Å². The topological polar surface area (TPSA) is 53.3 Å². The number of ether oxygens (including phenoxy) is 2. The number of fused-ring (bicyclic) bond motifs is 1. The maximum Gasteiger partial charge on any atom is 0.266 e. The van der Waals surface area contributed by atoms with Crippen LogP contribution in [0, 0.1) is 0 Å². The number of hydrogen-bond acceptors (Lipinski definition) is 4. The molecule has 4 rings (SSSR count). The van der Waals surface area contributed by atoms with E-state index in [4.69, 9.17) is 26.1 Å². The molecule has 0 aliphatic carbocycles. The molecule has 0 aliphatic heterocycles. The van der Waals surface area contributed by atoms with E-state index in [9.17, 15) is 4.79 Å². The van der Waals surface area contributed by atoms with Gasteiger partial charge in [-0.1, -0.05) is 55.3 Å². The SMILES string of the molecule is CCCCOc1ccc(/C=C/c2nc3ccccc3c(=O)n2-c2ccc(OC)c(Cl)c2)cc1. The first-order valence-corrected chi connectivity index (χ1v) is 11.2. The lowest BCUT2D eigenvalue weighted by Crippen LogP contribution is -2.22. The largest absolute Gasteiger partial charge is 0.495 e. The highest BCUT2D eigenvalue weighted by Crippen LogP contribution is 2.27. The molecule has 4 aromatic rings. The number of rotatable bonds is 8. The van der Waals surface area contributed by atoms with Gasteiger partial charge in [-0.3, -0.25) is 9.36 Å². The van der Waals surface area contributed by atoms with Crippen molar-refractivity contribution in [2.24, 2.45) is 0 Å². The lowest BCUT2D eigenvalue weighted by Gasteiger charge is -2.13. The first-order chi connectivity index (χ1) is 16.1. The minimum Gasteiger partial charge on any atom is -0.495 e. The Kier molecular flexibility index (Phi) is 7.10. The predicted octanol–water partition coefficient (Wildman–Crippen LogP) is 6.40. The number of nitrogens with zero attached hydrogens (tertiary/aromatic N) is 2. The molecule has 0 saturated heterocycles. The van der Waals surface area contributed by atoms with Crippen LogP contribution < -0.4 is 15.0 Å². The lowest BCUT2D eigenvalue weighted by molar-refractivity contribution is 0.309. The summed E-state index contributed by atoms with van der Waals surface area (Å²) >= 11 is 6.34. The van der Waals surface area contributed by atoms with E-state index in [1.165, 1.54) is 0 Å². The van der Waals surface area contributed by atoms with Crippen LogP contribution >= 0.6 is 11.6 Å². The number of benzene rings is 3. The van der Waals surface area contributed by atoms with Crippen molar-refractivity contribution in [3.05, 3.63) is 93.5 Å². The Labute approximate surface area is 197 Å². The zero-order valence-corrected chi connectivity index (χ0v) is 19.4. The monoisotopic (exact) mass is 460 g/mol. The van der Waals surface area contributed by atoms with Gasteiger partial charge in [-0.25, -0.2) is 4.98 Å². The van der Waals surface area contributed by atoms with Gasteiger partial charge in [0, 0.05) is 0 Å². The Morgan fingerprint density at radius 3 is 2.55 bits per heavy atom. The number of methoxy groups -OCH3 is 1. The van der Waals surface area contributed by atoms with E-state index >= 15 is 0 Å². The smallest absolute Gasteiger partial charge is 0.266 e. The fourth-order valence-electron chi connectivity index (χ4n) is 3.49. The fourth-order valence-corrected chi connectivity index (χ4v) is 3.74. The molecule has 0 saturated carbocycles. The highest BCUT2D eigenvalue weighted by molar-refractivity contribution is 6.32. The molecule has 168 valence electrons. The van der Waals surface area contributed by atoms with E-state index in [1.807, 2.05) is 54.6 Å². The van der Waals surface area contributed by atoms with Crippen LogP contribution in [0.4, 0.5) is 0 Å². The van der Waals surface area contributed by atoms with Gasteiger partial charge in [0.25, 0.3) is 5.56 Å². The van der Waals surface area contributed by atoms with Crippen molar-refractivity contribution >= 4 is 34.7 Å². The highest BCUT2D eigenvalue weighted by atomic mass is 35.5. The van der Waals surface area contributed by atoms with Crippen molar-refractivity contribution in [3.8, 4) is 17.2 Å². The Morgan fingerprint density at radius 2 is 1.82 bits per heavy atom. The summed E-state index contributed by atoms with van der Waals surface area (Å²) in [4.78, 5) is 18.1. The van der Waals surface area contributed by atoms with Gasteiger partial charge in [-0.05, 0) is 60.5 Å². The molecular formula is C27H25ClN2O3.